The fourth-order valence-electron chi connectivity index (χ4n) is 3.33. The summed E-state index contributed by atoms with van der Waals surface area (Å²) in [6, 6.07) is 13.7. The molecule has 10 heteroatoms. The van der Waals surface area contributed by atoms with Gasteiger partial charge in [0.2, 0.25) is 10.0 Å². The topological polar surface area (TPSA) is 79.6 Å². The molecule has 0 unspecified atom stereocenters. The van der Waals surface area contributed by atoms with E-state index in [0.717, 1.165) is 35.3 Å². The number of halogens is 3. The van der Waals surface area contributed by atoms with Crippen molar-refractivity contribution in [3.05, 3.63) is 89.4 Å². The third-order valence-electron chi connectivity index (χ3n) is 5.21. The van der Waals surface area contributed by atoms with Crippen LogP contribution in [0.25, 0.3) is 0 Å². The Morgan fingerprint density at radius 1 is 1.00 bits per heavy atom. The van der Waals surface area contributed by atoms with E-state index >= 15 is 0 Å². The maximum Gasteiger partial charge on any atom is 0.417 e. The Morgan fingerprint density at radius 3 is 2.30 bits per heavy atom. The number of hydrogen-bond acceptors (Lipinski definition) is 4. The fraction of sp³-hybridized carbons (Fsp3) is 0.261. The van der Waals surface area contributed by atoms with Gasteiger partial charge in [-0.25, -0.2) is 8.42 Å². The lowest BCUT2D eigenvalue weighted by atomic mass is 10.1. The highest BCUT2D eigenvalue weighted by molar-refractivity contribution is 7.89. The van der Waals surface area contributed by atoms with Crippen LogP contribution in [0, 0.1) is 0 Å². The molecule has 1 aliphatic carbocycles. The van der Waals surface area contributed by atoms with Crippen molar-refractivity contribution in [1.82, 2.24) is 9.62 Å². The number of carbonyl (C=O) groups excluding carboxylic acids is 1. The number of nitrogens with zero attached hydrogens (tertiary/aromatic N) is 1. The lowest BCUT2D eigenvalue weighted by molar-refractivity contribution is -0.139. The van der Waals surface area contributed by atoms with Gasteiger partial charge in [0.1, 0.15) is 5.76 Å². The molecule has 1 aliphatic rings. The van der Waals surface area contributed by atoms with E-state index in [1.54, 1.807) is 36.4 Å². The maximum absolute atomic E-state index is 13.5. The van der Waals surface area contributed by atoms with Gasteiger partial charge in [-0.05, 0) is 54.8 Å². The Morgan fingerprint density at radius 2 is 1.70 bits per heavy atom. The van der Waals surface area contributed by atoms with Crippen LogP contribution in [-0.2, 0) is 29.3 Å². The Labute approximate surface area is 189 Å². The van der Waals surface area contributed by atoms with Gasteiger partial charge in [0.15, 0.2) is 0 Å². The molecule has 174 valence electrons. The Hall–Kier alpha value is -3.11. The molecule has 3 aromatic rings. The molecule has 0 bridgehead atoms. The summed E-state index contributed by atoms with van der Waals surface area (Å²) in [5.41, 5.74) is -0.298. The molecule has 4 rings (SSSR count). The summed E-state index contributed by atoms with van der Waals surface area (Å²) in [7, 11) is -4.55. The largest absolute Gasteiger partial charge is 0.468 e. The average Bonchev–Trinajstić information content (AvgIpc) is 3.44. The zero-order valence-electron chi connectivity index (χ0n) is 17.4. The quantitative estimate of drug-likeness (QED) is 0.514. The van der Waals surface area contributed by atoms with Crippen LogP contribution in [0.2, 0.25) is 0 Å². The van der Waals surface area contributed by atoms with Crippen LogP contribution in [-0.4, -0.2) is 24.7 Å². The van der Waals surface area contributed by atoms with Crippen molar-refractivity contribution < 1.29 is 30.8 Å². The van der Waals surface area contributed by atoms with Gasteiger partial charge < -0.3 is 9.73 Å². The standard InChI is InChI=1S/C23H21F3N2O4S/c24-23(25,26)20-5-1-2-6-21(20)33(30,31)28(15-19-4-3-13-32-19)14-16-7-9-17(10-8-16)22(29)27-18-11-12-18/h1-10,13,18H,11-12,14-15H2,(H,27,29). The van der Waals surface area contributed by atoms with Crippen LogP contribution in [0.15, 0.2) is 76.2 Å². The van der Waals surface area contributed by atoms with Crippen molar-refractivity contribution in [2.75, 3.05) is 0 Å². The first-order valence-corrected chi connectivity index (χ1v) is 11.7. The number of furan rings is 1. The van der Waals surface area contributed by atoms with E-state index in [0.29, 0.717) is 11.1 Å². The molecule has 2 aromatic carbocycles. The minimum atomic E-state index is -4.84. The van der Waals surface area contributed by atoms with E-state index in [-0.39, 0.29) is 30.8 Å². The average molecular weight is 478 g/mol. The molecule has 1 amide bonds. The van der Waals surface area contributed by atoms with E-state index in [4.69, 9.17) is 4.42 Å². The van der Waals surface area contributed by atoms with Crippen LogP contribution in [0.4, 0.5) is 13.2 Å². The molecule has 1 fully saturated rings. The maximum atomic E-state index is 13.5. The molecule has 1 aromatic heterocycles. The van der Waals surface area contributed by atoms with Gasteiger partial charge in [0.25, 0.3) is 5.91 Å². The third-order valence-corrected chi connectivity index (χ3v) is 7.06. The molecule has 1 heterocycles. The normalized spacial score (nSPS) is 14.4. The van der Waals surface area contributed by atoms with Crippen LogP contribution >= 0.6 is 0 Å². The van der Waals surface area contributed by atoms with Crippen molar-refractivity contribution in [3.63, 3.8) is 0 Å². The number of alkyl halides is 3. The summed E-state index contributed by atoms with van der Waals surface area (Å²) in [4.78, 5) is 11.4. The van der Waals surface area contributed by atoms with Crippen molar-refractivity contribution >= 4 is 15.9 Å². The SMILES string of the molecule is O=C(NC1CC1)c1ccc(CN(Cc2ccco2)S(=O)(=O)c2ccccc2C(F)(F)F)cc1. The lowest BCUT2D eigenvalue weighted by Crippen LogP contribution is -2.31. The second-order valence-corrected chi connectivity index (χ2v) is 9.70. The van der Waals surface area contributed by atoms with E-state index in [2.05, 4.69) is 5.32 Å². The van der Waals surface area contributed by atoms with Gasteiger partial charge in [0.05, 0.1) is 23.3 Å². The van der Waals surface area contributed by atoms with Crippen molar-refractivity contribution in [2.45, 2.75) is 43.0 Å². The van der Waals surface area contributed by atoms with Crippen LogP contribution < -0.4 is 5.32 Å². The molecule has 0 radical (unpaired) electrons. The fourth-order valence-corrected chi connectivity index (χ4v) is 4.94. The summed E-state index contributed by atoms with van der Waals surface area (Å²) in [5, 5.41) is 2.86. The Kier molecular flexibility index (Phi) is 6.31. The number of amides is 1. The van der Waals surface area contributed by atoms with Gasteiger partial charge in [-0.1, -0.05) is 24.3 Å². The van der Waals surface area contributed by atoms with Crippen LogP contribution in [0.1, 0.15) is 40.1 Å². The smallest absolute Gasteiger partial charge is 0.417 e. The van der Waals surface area contributed by atoms with Crippen LogP contribution in [0.5, 0.6) is 0 Å². The highest BCUT2D eigenvalue weighted by Gasteiger charge is 2.39. The van der Waals surface area contributed by atoms with E-state index in [1.807, 2.05) is 0 Å². The van der Waals surface area contributed by atoms with E-state index in [9.17, 15) is 26.4 Å². The van der Waals surface area contributed by atoms with Crippen molar-refractivity contribution in [2.24, 2.45) is 0 Å². The number of hydrogen-bond donors (Lipinski definition) is 1. The zero-order valence-corrected chi connectivity index (χ0v) is 18.2. The number of benzene rings is 2. The molecule has 6 nitrogen and oxygen atoms in total. The van der Waals surface area contributed by atoms with Gasteiger partial charge in [-0.15, -0.1) is 0 Å². The first-order chi connectivity index (χ1) is 15.6. The number of carbonyl (C=O) groups is 1. The summed E-state index contributed by atoms with van der Waals surface area (Å²) in [5.74, 6) is 0.0618. The molecule has 33 heavy (non-hydrogen) atoms. The molecule has 0 saturated heterocycles. The van der Waals surface area contributed by atoms with Crippen LogP contribution in [0.3, 0.4) is 0 Å². The second-order valence-electron chi connectivity index (χ2n) is 7.79. The van der Waals surface area contributed by atoms with Crippen molar-refractivity contribution in [3.8, 4) is 0 Å². The molecule has 0 aliphatic heterocycles. The summed E-state index contributed by atoms with van der Waals surface area (Å²) < 4.78 is 73.4. The third kappa shape index (κ3) is 5.45. The van der Waals surface area contributed by atoms with Gasteiger partial charge >= 0.3 is 6.18 Å². The predicted octanol–water partition coefficient (Wildman–Crippen LogP) is 4.58. The highest BCUT2D eigenvalue weighted by Crippen LogP contribution is 2.36. The highest BCUT2D eigenvalue weighted by atomic mass is 32.2. The molecule has 1 saturated carbocycles. The van der Waals surface area contributed by atoms with Gasteiger partial charge in [-0.2, -0.15) is 17.5 Å². The van der Waals surface area contributed by atoms with Gasteiger partial charge in [-0.3, -0.25) is 4.79 Å². The number of nitrogens with one attached hydrogen (secondary N) is 1. The molecule has 1 N–H and O–H groups in total. The summed E-state index contributed by atoms with van der Waals surface area (Å²) in [6.45, 7) is -0.467. The number of sulfonamides is 1. The van der Waals surface area contributed by atoms with Gasteiger partial charge in [0, 0.05) is 18.2 Å². The summed E-state index contributed by atoms with van der Waals surface area (Å²) >= 11 is 0. The molecule has 0 spiro atoms. The first-order valence-electron chi connectivity index (χ1n) is 10.2. The minimum Gasteiger partial charge on any atom is -0.468 e. The first kappa shape index (κ1) is 23.1. The predicted molar refractivity (Wildman–Crippen MR) is 114 cm³/mol. The Balaban J connectivity index is 1.64. The molecular weight excluding hydrogens is 457 g/mol. The monoisotopic (exact) mass is 478 g/mol. The Bertz CT molecular complexity index is 1220. The zero-order chi connectivity index (χ0) is 23.6. The molecular formula is C23H21F3N2O4S. The second kappa shape index (κ2) is 9.03. The van der Waals surface area contributed by atoms with E-state index in [1.165, 1.54) is 12.3 Å². The summed E-state index contributed by atoms with van der Waals surface area (Å²) in [6.07, 6.45) is -1.58. The van der Waals surface area contributed by atoms with E-state index < -0.39 is 26.7 Å². The van der Waals surface area contributed by atoms with Crippen molar-refractivity contribution in [1.29, 1.82) is 0 Å². The number of rotatable bonds is 8. The minimum absolute atomic E-state index is 0.194. The molecule has 0 atom stereocenters. The lowest BCUT2D eigenvalue weighted by Gasteiger charge is -2.23.